The van der Waals surface area contributed by atoms with E-state index in [-0.39, 0.29) is 30.9 Å². The van der Waals surface area contributed by atoms with Crippen molar-refractivity contribution < 1.29 is 14.9 Å². The molecule has 2 aliphatic heterocycles. The molecule has 0 saturated carbocycles. The summed E-state index contributed by atoms with van der Waals surface area (Å²) >= 11 is 0. The van der Waals surface area contributed by atoms with Crippen LogP contribution in [0.1, 0.15) is 51.6 Å². The smallest absolute Gasteiger partial charge is 0.199 e. The van der Waals surface area contributed by atoms with Gasteiger partial charge < -0.3 is 25.6 Å². The molecule has 4 N–H and O–H groups in total. The van der Waals surface area contributed by atoms with Gasteiger partial charge in [0.2, 0.25) is 0 Å². The Hall–Kier alpha value is -1.64. The first-order valence-corrected chi connectivity index (χ1v) is 8.12. The van der Waals surface area contributed by atoms with E-state index in [2.05, 4.69) is 20.6 Å². The molecule has 8 nitrogen and oxygen atoms in total. The second-order valence-electron chi connectivity index (χ2n) is 6.47. The van der Waals surface area contributed by atoms with Crippen LogP contribution >= 0.6 is 0 Å². The Morgan fingerprint density at radius 1 is 1.48 bits per heavy atom. The van der Waals surface area contributed by atoms with Crippen LogP contribution in [0.5, 0.6) is 0 Å². The molecule has 0 amide bonds. The second kappa shape index (κ2) is 6.46. The van der Waals surface area contributed by atoms with E-state index < -0.39 is 6.23 Å². The number of hydrogen-bond donors (Lipinski definition) is 4. The van der Waals surface area contributed by atoms with Gasteiger partial charge >= 0.3 is 0 Å². The average molecular weight is 323 g/mol. The zero-order valence-electron chi connectivity index (χ0n) is 13.7. The van der Waals surface area contributed by atoms with E-state index in [0.717, 1.165) is 24.4 Å². The van der Waals surface area contributed by atoms with Crippen LogP contribution in [0.4, 0.5) is 5.82 Å². The molecule has 3 unspecified atom stereocenters. The number of fused-ring (bicyclic) bond motifs is 1. The van der Waals surface area contributed by atoms with E-state index >= 15 is 0 Å². The summed E-state index contributed by atoms with van der Waals surface area (Å²) in [6, 6.07) is -0.107. The highest BCUT2D eigenvalue weighted by atomic mass is 16.5. The number of aromatic nitrogens is 2. The third-order valence-electron chi connectivity index (χ3n) is 4.29. The first-order valence-electron chi connectivity index (χ1n) is 8.12. The normalized spacial score (nSPS) is 28.3. The number of guanidine groups is 1. The SMILES string of the molecule is CC1N=C(NC(O)C(C)C)Nc2c1ncn2C1CC[C@@H](CO)O1. The van der Waals surface area contributed by atoms with E-state index in [1.807, 2.05) is 25.3 Å². The summed E-state index contributed by atoms with van der Waals surface area (Å²) in [5.74, 6) is 1.43. The van der Waals surface area contributed by atoms with Crippen molar-refractivity contribution in [3.05, 3.63) is 12.0 Å². The van der Waals surface area contributed by atoms with Crippen molar-refractivity contribution in [2.45, 2.75) is 58.2 Å². The van der Waals surface area contributed by atoms with Crippen LogP contribution in [-0.2, 0) is 4.74 Å². The molecule has 0 aromatic carbocycles. The number of aliphatic imine (C=N–C) groups is 1. The minimum absolute atomic E-state index is 0.0338. The van der Waals surface area contributed by atoms with E-state index in [4.69, 9.17) is 4.74 Å². The minimum Gasteiger partial charge on any atom is -0.394 e. The van der Waals surface area contributed by atoms with Crippen LogP contribution < -0.4 is 10.6 Å². The lowest BCUT2D eigenvalue weighted by Gasteiger charge is -2.26. The fourth-order valence-corrected chi connectivity index (χ4v) is 2.83. The molecule has 3 rings (SSSR count). The molecule has 2 aliphatic rings. The van der Waals surface area contributed by atoms with E-state index in [1.54, 1.807) is 6.33 Å². The van der Waals surface area contributed by atoms with E-state index in [1.165, 1.54) is 0 Å². The molecule has 23 heavy (non-hydrogen) atoms. The van der Waals surface area contributed by atoms with Gasteiger partial charge in [0.1, 0.15) is 24.0 Å². The number of nitrogens with zero attached hydrogens (tertiary/aromatic N) is 3. The predicted octanol–water partition coefficient (Wildman–Crippen LogP) is 0.960. The number of anilines is 1. The van der Waals surface area contributed by atoms with Crippen LogP contribution in [0, 0.1) is 5.92 Å². The number of aliphatic hydroxyl groups is 2. The fourth-order valence-electron chi connectivity index (χ4n) is 2.83. The van der Waals surface area contributed by atoms with Gasteiger partial charge in [0, 0.05) is 0 Å². The van der Waals surface area contributed by atoms with Crippen molar-refractivity contribution in [2.24, 2.45) is 10.9 Å². The maximum atomic E-state index is 10.0. The molecule has 0 bridgehead atoms. The Morgan fingerprint density at radius 3 is 2.91 bits per heavy atom. The standard InChI is InChI=1S/C15H25N5O3/c1-8(2)14(22)19-15-17-9(3)12-13(18-15)20(7-16-12)11-5-4-10(6-21)23-11/h7-11,14,21-22H,4-6H2,1-3H3,(H2,17,18,19)/t9?,10-,11?,14?/m0/s1. The highest BCUT2D eigenvalue weighted by molar-refractivity contribution is 5.95. The molecule has 0 spiro atoms. The third kappa shape index (κ3) is 3.19. The molecular weight excluding hydrogens is 298 g/mol. The molecule has 128 valence electrons. The largest absolute Gasteiger partial charge is 0.394 e. The molecule has 1 aromatic heterocycles. The fraction of sp³-hybridized carbons (Fsp3) is 0.733. The Morgan fingerprint density at radius 2 is 2.26 bits per heavy atom. The zero-order chi connectivity index (χ0) is 16.6. The van der Waals surface area contributed by atoms with Crippen molar-refractivity contribution in [2.75, 3.05) is 11.9 Å². The number of hydrogen-bond acceptors (Lipinski definition) is 7. The highest BCUT2D eigenvalue weighted by Gasteiger charge is 2.31. The van der Waals surface area contributed by atoms with Gasteiger partial charge in [-0.3, -0.25) is 4.57 Å². The third-order valence-corrected chi connectivity index (χ3v) is 4.29. The number of aliphatic hydroxyl groups excluding tert-OH is 2. The molecular formula is C15H25N5O3. The molecule has 1 saturated heterocycles. The van der Waals surface area contributed by atoms with E-state index in [9.17, 15) is 10.2 Å². The molecule has 8 heteroatoms. The van der Waals surface area contributed by atoms with Crippen LogP contribution in [0.15, 0.2) is 11.3 Å². The second-order valence-corrected chi connectivity index (χ2v) is 6.47. The summed E-state index contributed by atoms with van der Waals surface area (Å²) in [6.45, 7) is 5.86. The maximum absolute atomic E-state index is 10.0. The van der Waals surface area contributed by atoms with Gasteiger partial charge in [0.25, 0.3) is 0 Å². The Kier molecular flexibility index (Phi) is 4.56. The van der Waals surface area contributed by atoms with E-state index in [0.29, 0.717) is 5.96 Å². The van der Waals surface area contributed by atoms with Crippen molar-refractivity contribution >= 4 is 11.8 Å². The monoisotopic (exact) mass is 323 g/mol. The van der Waals surface area contributed by atoms with Crippen molar-refractivity contribution in [1.29, 1.82) is 0 Å². The summed E-state index contributed by atoms with van der Waals surface area (Å²) in [5, 5.41) is 25.4. The van der Waals surface area contributed by atoms with Crippen molar-refractivity contribution in [3.63, 3.8) is 0 Å². The maximum Gasteiger partial charge on any atom is 0.199 e. The summed E-state index contributed by atoms with van der Waals surface area (Å²) in [7, 11) is 0. The Bertz CT molecular complexity index is 586. The average Bonchev–Trinajstić information content (AvgIpc) is 3.12. The molecule has 4 atom stereocenters. The lowest BCUT2D eigenvalue weighted by Crippen LogP contribution is -2.43. The van der Waals surface area contributed by atoms with Crippen LogP contribution in [0.2, 0.25) is 0 Å². The summed E-state index contributed by atoms with van der Waals surface area (Å²) in [6.07, 6.45) is 2.47. The van der Waals surface area contributed by atoms with Crippen LogP contribution in [-0.4, -0.2) is 44.7 Å². The molecule has 0 radical (unpaired) electrons. The first-order chi connectivity index (χ1) is 11.0. The van der Waals surface area contributed by atoms with Crippen molar-refractivity contribution in [1.82, 2.24) is 14.9 Å². The molecule has 1 aromatic rings. The molecule has 3 heterocycles. The lowest BCUT2D eigenvalue weighted by molar-refractivity contribution is -0.0214. The molecule has 0 aliphatic carbocycles. The number of ether oxygens (including phenoxy) is 1. The summed E-state index contributed by atoms with van der Waals surface area (Å²) in [5.41, 5.74) is 0.852. The predicted molar refractivity (Wildman–Crippen MR) is 85.9 cm³/mol. The van der Waals surface area contributed by atoms with Crippen molar-refractivity contribution in [3.8, 4) is 0 Å². The van der Waals surface area contributed by atoms with Crippen LogP contribution in [0.3, 0.4) is 0 Å². The Labute approximate surface area is 135 Å². The number of nitrogens with one attached hydrogen (secondary N) is 2. The summed E-state index contributed by atoms with van der Waals surface area (Å²) in [4.78, 5) is 8.94. The highest BCUT2D eigenvalue weighted by Crippen LogP contribution is 2.35. The first kappa shape index (κ1) is 16.2. The van der Waals surface area contributed by atoms with Gasteiger partial charge in [-0.15, -0.1) is 0 Å². The van der Waals surface area contributed by atoms with Gasteiger partial charge in [0.15, 0.2) is 5.96 Å². The topological polar surface area (TPSA) is 104 Å². The minimum atomic E-state index is -0.673. The quantitative estimate of drug-likeness (QED) is 0.615. The van der Waals surface area contributed by atoms with Gasteiger partial charge in [-0.2, -0.15) is 0 Å². The van der Waals surface area contributed by atoms with Crippen LogP contribution in [0.25, 0.3) is 0 Å². The number of rotatable bonds is 4. The Balaban J connectivity index is 1.78. The number of imidazole rings is 1. The van der Waals surface area contributed by atoms with Gasteiger partial charge in [-0.1, -0.05) is 13.8 Å². The van der Waals surface area contributed by atoms with Gasteiger partial charge in [0.05, 0.1) is 25.1 Å². The molecule has 1 fully saturated rings. The summed E-state index contributed by atoms with van der Waals surface area (Å²) < 4.78 is 7.78. The van der Waals surface area contributed by atoms with Gasteiger partial charge in [-0.25, -0.2) is 9.98 Å². The lowest BCUT2D eigenvalue weighted by atomic mass is 10.2. The van der Waals surface area contributed by atoms with Gasteiger partial charge in [-0.05, 0) is 25.7 Å². The zero-order valence-corrected chi connectivity index (χ0v) is 13.7.